The van der Waals surface area contributed by atoms with Crippen LogP contribution < -0.4 is 10.6 Å². The first-order valence-corrected chi connectivity index (χ1v) is 4.23. The Labute approximate surface area is 78.5 Å². The number of rotatable bonds is 6. The minimum atomic E-state index is -0.641. The fourth-order valence-corrected chi connectivity index (χ4v) is 0.754. The molecule has 2 atom stereocenters. The summed E-state index contributed by atoms with van der Waals surface area (Å²) in [4.78, 5) is 11.2. The molecule has 0 rings (SSSR count). The fourth-order valence-electron chi connectivity index (χ4n) is 0.754. The topological polar surface area (TPSA) is 70.6 Å². The molecule has 0 aliphatic heterocycles. The second-order valence-corrected chi connectivity index (χ2v) is 2.86. The Hall–Kier alpha value is -0.650. The van der Waals surface area contributed by atoms with E-state index in [-0.39, 0.29) is 25.1 Å². The average Bonchev–Trinajstić information content (AvgIpc) is 2.13. The number of methoxy groups -OCH3 is 1. The summed E-state index contributed by atoms with van der Waals surface area (Å²) >= 11 is 0. The predicted octanol–water partition coefficient (Wildman–Crippen LogP) is -1.28. The van der Waals surface area contributed by atoms with Gasteiger partial charge in [0, 0.05) is 13.7 Å². The Balaban J connectivity index is 3.57. The van der Waals surface area contributed by atoms with E-state index in [1.807, 2.05) is 0 Å². The van der Waals surface area contributed by atoms with Crippen LogP contribution in [0.4, 0.5) is 0 Å². The van der Waals surface area contributed by atoms with Gasteiger partial charge in [0.2, 0.25) is 5.91 Å². The van der Waals surface area contributed by atoms with E-state index in [1.54, 1.807) is 14.0 Å². The van der Waals surface area contributed by atoms with Crippen molar-refractivity contribution in [2.45, 2.75) is 19.1 Å². The highest BCUT2D eigenvalue weighted by atomic mass is 16.5. The molecule has 0 spiro atoms. The highest BCUT2D eigenvalue weighted by Gasteiger charge is 2.11. The van der Waals surface area contributed by atoms with Gasteiger partial charge >= 0.3 is 0 Å². The standard InChI is InChI=1S/C8H18N2O3/c1-6(9-2)8(12)10-4-7(11)5-13-3/h6-7,9,11H,4-5H2,1-3H3,(H,10,12). The molecule has 0 bridgehead atoms. The van der Waals surface area contributed by atoms with E-state index in [2.05, 4.69) is 10.6 Å². The minimum absolute atomic E-state index is 0.127. The summed E-state index contributed by atoms with van der Waals surface area (Å²) in [7, 11) is 3.21. The third-order valence-electron chi connectivity index (χ3n) is 1.70. The smallest absolute Gasteiger partial charge is 0.236 e. The molecule has 0 aromatic heterocycles. The van der Waals surface area contributed by atoms with Gasteiger partial charge in [-0.1, -0.05) is 0 Å². The van der Waals surface area contributed by atoms with Crippen molar-refractivity contribution in [3.63, 3.8) is 0 Å². The van der Waals surface area contributed by atoms with Gasteiger partial charge in [-0.15, -0.1) is 0 Å². The number of hydrogen-bond donors (Lipinski definition) is 3. The zero-order chi connectivity index (χ0) is 10.3. The zero-order valence-corrected chi connectivity index (χ0v) is 8.33. The zero-order valence-electron chi connectivity index (χ0n) is 8.33. The first-order chi connectivity index (χ1) is 6.11. The van der Waals surface area contributed by atoms with Gasteiger partial charge in [-0.25, -0.2) is 0 Å². The van der Waals surface area contributed by atoms with Gasteiger partial charge in [-0.05, 0) is 14.0 Å². The van der Waals surface area contributed by atoms with Crippen molar-refractivity contribution < 1.29 is 14.6 Å². The molecule has 0 radical (unpaired) electrons. The quantitative estimate of drug-likeness (QED) is 0.488. The van der Waals surface area contributed by atoms with Crippen molar-refractivity contribution in [1.82, 2.24) is 10.6 Å². The van der Waals surface area contributed by atoms with Crippen LogP contribution in [0.3, 0.4) is 0 Å². The Morgan fingerprint density at radius 3 is 2.69 bits per heavy atom. The molecule has 0 aliphatic rings. The van der Waals surface area contributed by atoms with Crippen LogP contribution in [-0.4, -0.2) is 50.5 Å². The van der Waals surface area contributed by atoms with Crippen LogP contribution in [0.1, 0.15) is 6.92 Å². The first kappa shape index (κ1) is 12.3. The van der Waals surface area contributed by atoms with E-state index >= 15 is 0 Å². The minimum Gasteiger partial charge on any atom is -0.389 e. The molecule has 78 valence electrons. The summed E-state index contributed by atoms with van der Waals surface area (Å²) in [5.41, 5.74) is 0. The predicted molar refractivity (Wildman–Crippen MR) is 49.4 cm³/mol. The van der Waals surface area contributed by atoms with E-state index in [4.69, 9.17) is 4.74 Å². The van der Waals surface area contributed by atoms with Crippen molar-refractivity contribution in [2.75, 3.05) is 27.3 Å². The molecule has 1 amide bonds. The Kier molecular flexibility index (Phi) is 6.48. The maximum atomic E-state index is 11.2. The second kappa shape index (κ2) is 6.82. The summed E-state index contributed by atoms with van der Waals surface area (Å²) in [6.45, 7) is 2.20. The first-order valence-electron chi connectivity index (χ1n) is 4.23. The second-order valence-electron chi connectivity index (χ2n) is 2.86. The molecule has 0 aromatic carbocycles. The fraction of sp³-hybridized carbons (Fsp3) is 0.875. The summed E-state index contributed by atoms with van der Waals surface area (Å²) < 4.78 is 4.71. The maximum absolute atomic E-state index is 11.2. The highest BCUT2D eigenvalue weighted by molar-refractivity contribution is 5.81. The molecule has 0 fully saturated rings. The van der Waals surface area contributed by atoms with Gasteiger partial charge in [0.1, 0.15) is 0 Å². The third kappa shape index (κ3) is 5.57. The van der Waals surface area contributed by atoms with Crippen molar-refractivity contribution in [1.29, 1.82) is 0 Å². The molecule has 0 saturated carbocycles. The molecule has 0 saturated heterocycles. The van der Waals surface area contributed by atoms with Crippen LogP contribution >= 0.6 is 0 Å². The summed E-state index contributed by atoms with van der Waals surface area (Å²) in [5, 5.41) is 14.6. The largest absolute Gasteiger partial charge is 0.389 e. The van der Waals surface area contributed by atoms with Gasteiger partial charge in [-0.3, -0.25) is 4.79 Å². The van der Waals surface area contributed by atoms with Crippen molar-refractivity contribution in [3.05, 3.63) is 0 Å². The van der Waals surface area contributed by atoms with Gasteiger partial charge in [0.05, 0.1) is 18.8 Å². The van der Waals surface area contributed by atoms with Crippen LogP contribution in [0.15, 0.2) is 0 Å². The lowest BCUT2D eigenvalue weighted by Gasteiger charge is -2.13. The molecule has 13 heavy (non-hydrogen) atoms. The van der Waals surface area contributed by atoms with Crippen LogP contribution in [0.5, 0.6) is 0 Å². The van der Waals surface area contributed by atoms with Crippen LogP contribution in [0.2, 0.25) is 0 Å². The molecular formula is C8H18N2O3. The van der Waals surface area contributed by atoms with E-state index < -0.39 is 6.10 Å². The number of amides is 1. The Morgan fingerprint density at radius 2 is 2.23 bits per heavy atom. The molecule has 0 heterocycles. The monoisotopic (exact) mass is 190 g/mol. The molecular weight excluding hydrogens is 172 g/mol. The van der Waals surface area contributed by atoms with Crippen molar-refractivity contribution >= 4 is 5.91 Å². The molecule has 0 aromatic rings. The SMILES string of the molecule is CNC(C)C(=O)NCC(O)COC. The lowest BCUT2D eigenvalue weighted by atomic mass is 10.3. The van der Waals surface area contributed by atoms with E-state index in [0.717, 1.165) is 0 Å². The van der Waals surface area contributed by atoms with E-state index in [9.17, 15) is 9.90 Å². The summed E-state index contributed by atoms with van der Waals surface area (Å²) in [6, 6.07) is -0.241. The molecule has 0 aliphatic carbocycles. The number of nitrogens with one attached hydrogen (secondary N) is 2. The lowest BCUT2D eigenvalue weighted by molar-refractivity contribution is -0.123. The van der Waals surface area contributed by atoms with Crippen molar-refractivity contribution in [3.8, 4) is 0 Å². The summed E-state index contributed by atoms with van der Waals surface area (Å²) in [6.07, 6.45) is -0.641. The highest BCUT2D eigenvalue weighted by Crippen LogP contribution is 1.83. The third-order valence-corrected chi connectivity index (χ3v) is 1.70. The number of ether oxygens (including phenoxy) is 1. The van der Waals surface area contributed by atoms with Crippen LogP contribution in [-0.2, 0) is 9.53 Å². The van der Waals surface area contributed by atoms with E-state index in [0.29, 0.717) is 0 Å². The Morgan fingerprint density at radius 1 is 1.62 bits per heavy atom. The number of likely N-dealkylation sites (N-methyl/N-ethyl adjacent to an activating group) is 1. The maximum Gasteiger partial charge on any atom is 0.236 e. The molecule has 5 nitrogen and oxygen atoms in total. The lowest BCUT2D eigenvalue weighted by Crippen LogP contribution is -2.43. The average molecular weight is 190 g/mol. The molecule has 2 unspecified atom stereocenters. The number of aliphatic hydroxyl groups excluding tert-OH is 1. The van der Waals surface area contributed by atoms with Gasteiger partial charge < -0.3 is 20.5 Å². The van der Waals surface area contributed by atoms with Gasteiger partial charge in [0.15, 0.2) is 0 Å². The van der Waals surface area contributed by atoms with E-state index in [1.165, 1.54) is 7.11 Å². The van der Waals surface area contributed by atoms with Gasteiger partial charge in [0.25, 0.3) is 0 Å². The summed E-state index contributed by atoms with van der Waals surface area (Å²) in [5.74, 6) is -0.127. The van der Waals surface area contributed by atoms with Crippen LogP contribution in [0, 0.1) is 0 Å². The van der Waals surface area contributed by atoms with Gasteiger partial charge in [-0.2, -0.15) is 0 Å². The molecule has 3 N–H and O–H groups in total. The van der Waals surface area contributed by atoms with Crippen LogP contribution in [0.25, 0.3) is 0 Å². The number of carbonyl (C=O) groups is 1. The Bertz CT molecular complexity index is 152. The van der Waals surface area contributed by atoms with Crippen molar-refractivity contribution in [2.24, 2.45) is 0 Å². The normalized spacial score (nSPS) is 15.1. The number of hydrogen-bond acceptors (Lipinski definition) is 4. The number of aliphatic hydroxyl groups is 1. The number of carbonyl (C=O) groups excluding carboxylic acids is 1. The molecule has 5 heteroatoms.